The molecule has 1 heterocycles. The summed E-state index contributed by atoms with van der Waals surface area (Å²) in [5.41, 5.74) is 3.25. The summed E-state index contributed by atoms with van der Waals surface area (Å²) in [6.45, 7) is 0. The predicted octanol–water partition coefficient (Wildman–Crippen LogP) is 5.75. The second-order valence-electron chi connectivity index (χ2n) is 6.50. The van der Waals surface area contributed by atoms with E-state index in [1.54, 1.807) is 18.0 Å². The number of hydrogen-bond donors (Lipinski definition) is 0. The third-order valence-corrected chi connectivity index (χ3v) is 5.78. The summed E-state index contributed by atoms with van der Waals surface area (Å²) in [6, 6.07) is 13.7. The van der Waals surface area contributed by atoms with Crippen molar-refractivity contribution < 1.29 is 9.32 Å². The number of carbonyl (C=O) groups is 1. The summed E-state index contributed by atoms with van der Waals surface area (Å²) in [4.78, 5) is 14.3. The molecule has 26 heavy (non-hydrogen) atoms. The Hall–Kier alpha value is -2.04. The molecule has 0 amide bonds. The smallest absolute Gasteiger partial charge is 0.198 e. The molecule has 132 valence electrons. The molecule has 3 nitrogen and oxygen atoms in total. The van der Waals surface area contributed by atoms with Crippen molar-refractivity contribution in [1.82, 2.24) is 5.16 Å². The third-order valence-electron chi connectivity index (χ3n) is 4.69. The van der Waals surface area contributed by atoms with Crippen LogP contribution in [0.25, 0.3) is 0 Å². The standard InChI is InChI=1S/C21H18ClNO2S/c1-26-16-8-9-17(15(11-16)10-14-4-2-3-5-19(14)22)20(24)18-12-23-25-21(18)13-6-7-13/h2-5,8-9,11-13H,6-7,10H2,1H3. The van der Waals surface area contributed by atoms with Gasteiger partial charge in [-0.2, -0.15) is 0 Å². The number of hydrogen-bond acceptors (Lipinski definition) is 4. The number of benzene rings is 2. The van der Waals surface area contributed by atoms with Gasteiger partial charge in [0.25, 0.3) is 0 Å². The van der Waals surface area contributed by atoms with Crippen molar-refractivity contribution in [2.75, 3.05) is 6.26 Å². The van der Waals surface area contributed by atoms with E-state index in [-0.39, 0.29) is 5.78 Å². The molecule has 3 aromatic rings. The average molecular weight is 384 g/mol. The Morgan fingerprint density at radius 1 is 1.19 bits per heavy atom. The van der Waals surface area contributed by atoms with Crippen molar-refractivity contribution in [3.63, 3.8) is 0 Å². The van der Waals surface area contributed by atoms with Crippen molar-refractivity contribution >= 4 is 29.1 Å². The number of aromatic nitrogens is 1. The summed E-state index contributed by atoms with van der Waals surface area (Å²) < 4.78 is 5.36. The van der Waals surface area contributed by atoms with Gasteiger partial charge >= 0.3 is 0 Å². The molecule has 0 radical (unpaired) electrons. The first-order valence-electron chi connectivity index (χ1n) is 8.57. The van der Waals surface area contributed by atoms with Crippen LogP contribution in [0.3, 0.4) is 0 Å². The fourth-order valence-electron chi connectivity index (χ4n) is 3.12. The van der Waals surface area contributed by atoms with E-state index in [0.29, 0.717) is 28.5 Å². The minimum atomic E-state index is -0.0251. The topological polar surface area (TPSA) is 43.1 Å². The highest BCUT2D eigenvalue weighted by atomic mass is 35.5. The summed E-state index contributed by atoms with van der Waals surface area (Å²) in [5.74, 6) is 1.05. The van der Waals surface area contributed by atoms with Crippen molar-refractivity contribution in [3.8, 4) is 0 Å². The normalized spacial score (nSPS) is 13.8. The second-order valence-corrected chi connectivity index (χ2v) is 7.79. The lowest BCUT2D eigenvalue weighted by molar-refractivity contribution is 0.103. The number of halogens is 1. The highest BCUT2D eigenvalue weighted by molar-refractivity contribution is 7.98. The van der Waals surface area contributed by atoms with Crippen LogP contribution in [0.1, 0.15) is 51.6 Å². The number of nitrogens with zero attached hydrogens (tertiary/aromatic N) is 1. The van der Waals surface area contributed by atoms with Gasteiger partial charge in [0.1, 0.15) is 0 Å². The molecule has 4 rings (SSSR count). The first-order chi connectivity index (χ1) is 12.7. The van der Waals surface area contributed by atoms with E-state index >= 15 is 0 Å². The minimum absolute atomic E-state index is 0.0251. The zero-order chi connectivity index (χ0) is 18.1. The van der Waals surface area contributed by atoms with E-state index in [4.69, 9.17) is 16.1 Å². The fraction of sp³-hybridized carbons (Fsp3) is 0.238. The van der Waals surface area contributed by atoms with Crippen LogP contribution in [0.4, 0.5) is 0 Å². The molecule has 0 N–H and O–H groups in total. The monoisotopic (exact) mass is 383 g/mol. The van der Waals surface area contributed by atoms with Crippen LogP contribution in [0.2, 0.25) is 5.02 Å². The second kappa shape index (κ2) is 7.29. The molecule has 1 aromatic heterocycles. The molecule has 1 fully saturated rings. The molecular weight excluding hydrogens is 366 g/mol. The zero-order valence-electron chi connectivity index (χ0n) is 14.4. The molecular formula is C21H18ClNO2S. The largest absolute Gasteiger partial charge is 0.360 e. The van der Waals surface area contributed by atoms with E-state index in [1.165, 1.54) is 0 Å². The Balaban J connectivity index is 1.74. The van der Waals surface area contributed by atoms with Gasteiger partial charge in [0.2, 0.25) is 0 Å². The molecule has 1 aliphatic carbocycles. The predicted molar refractivity (Wildman–Crippen MR) is 104 cm³/mol. The molecule has 2 aromatic carbocycles. The van der Waals surface area contributed by atoms with Crippen LogP contribution in [-0.4, -0.2) is 17.2 Å². The average Bonchev–Trinajstić information content (AvgIpc) is 3.39. The zero-order valence-corrected chi connectivity index (χ0v) is 15.9. The van der Waals surface area contributed by atoms with Gasteiger partial charge in [-0.1, -0.05) is 35.0 Å². The van der Waals surface area contributed by atoms with Gasteiger partial charge in [-0.25, -0.2) is 0 Å². The van der Waals surface area contributed by atoms with Crippen LogP contribution in [0.5, 0.6) is 0 Å². The van der Waals surface area contributed by atoms with Crippen molar-refractivity contribution in [3.05, 3.63) is 81.7 Å². The van der Waals surface area contributed by atoms with E-state index in [0.717, 1.165) is 34.6 Å². The van der Waals surface area contributed by atoms with Crippen molar-refractivity contribution in [2.24, 2.45) is 0 Å². The fourth-order valence-corrected chi connectivity index (χ4v) is 3.78. The molecule has 0 saturated heterocycles. The van der Waals surface area contributed by atoms with Crippen LogP contribution in [-0.2, 0) is 6.42 Å². The first kappa shape index (κ1) is 17.4. The Bertz CT molecular complexity index is 962. The maximum absolute atomic E-state index is 13.2. The number of ketones is 1. The maximum Gasteiger partial charge on any atom is 0.198 e. The SMILES string of the molecule is CSc1ccc(C(=O)c2cnoc2C2CC2)c(Cc2ccccc2Cl)c1. The van der Waals surface area contributed by atoms with Crippen LogP contribution >= 0.6 is 23.4 Å². The minimum Gasteiger partial charge on any atom is -0.360 e. The van der Waals surface area contributed by atoms with Crippen molar-refractivity contribution in [1.29, 1.82) is 0 Å². The quantitative estimate of drug-likeness (QED) is 0.401. The first-order valence-corrected chi connectivity index (χ1v) is 10.2. The van der Waals surface area contributed by atoms with Crippen LogP contribution in [0.15, 0.2) is 58.1 Å². The summed E-state index contributed by atoms with van der Waals surface area (Å²) >= 11 is 8.00. The van der Waals surface area contributed by atoms with Gasteiger partial charge in [-0.3, -0.25) is 4.79 Å². The lowest BCUT2D eigenvalue weighted by Crippen LogP contribution is -2.07. The molecule has 1 aliphatic rings. The van der Waals surface area contributed by atoms with Crippen LogP contribution in [0, 0.1) is 0 Å². The molecule has 0 bridgehead atoms. The van der Waals surface area contributed by atoms with E-state index in [1.807, 2.05) is 42.7 Å². The Morgan fingerprint density at radius 2 is 2.00 bits per heavy atom. The van der Waals surface area contributed by atoms with Crippen molar-refractivity contribution in [2.45, 2.75) is 30.1 Å². The van der Waals surface area contributed by atoms with Crippen LogP contribution < -0.4 is 0 Å². The van der Waals surface area contributed by atoms with Gasteiger partial charge in [-0.15, -0.1) is 11.8 Å². The highest BCUT2D eigenvalue weighted by Crippen LogP contribution is 2.42. The van der Waals surface area contributed by atoms with Gasteiger partial charge < -0.3 is 4.52 Å². The van der Waals surface area contributed by atoms with Gasteiger partial charge in [0.15, 0.2) is 11.5 Å². The Labute approximate surface area is 161 Å². The summed E-state index contributed by atoms with van der Waals surface area (Å²) in [6.07, 6.45) is 6.32. The van der Waals surface area contributed by atoms with E-state index in [2.05, 4.69) is 11.2 Å². The van der Waals surface area contributed by atoms with E-state index in [9.17, 15) is 4.79 Å². The molecule has 5 heteroatoms. The van der Waals surface area contributed by atoms with Gasteiger partial charge in [-0.05, 0) is 60.9 Å². The number of thioether (sulfide) groups is 1. The molecule has 0 aliphatic heterocycles. The molecule has 0 atom stereocenters. The summed E-state index contributed by atoms with van der Waals surface area (Å²) in [7, 11) is 0. The van der Waals surface area contributed by atoms with E-state index < -0.39 is 0 Å². The Kier molecular flexibility index (Phi) is 4.88. The highest BCUT2D eigenvalue weighted by Gasteiger charge is 2.33. The third kappa shape index (κ3) is 3.44. The molecule has 1 saturated carbocycles. The van der Waals surface area contributed by atoms with Gasteiger partial charge in [0, 0.05) is 21.4 Å². The summed E-state index contributed by atoms with van der Waals surface area (Å²) in [5, 5.41) is 4.58. The molecule has 0 unspecified atom stereocenters. The Morgan fingerprint density at radius 3 is 2.73 bits per heavy atom. The molecule has 0 spiro atoms. The lowest BCUT2D eigenvalue weighted by atomic mass is 9.94. The maximum atomic E-state index is 13.2. The lowest BCUT2D eigenvalue weighted by Gasteiger charge is -2.11. The number of carbonyl (C=O) groups excluding carboxylic acids is 1. The van der Waals surface area contributed by atoms with Gasteiger partial charge in [0.05, 0.1) is 11.8 Å². The number of rotatable bonds is 6.